The zero-order valence-electron chi connectivity index (χ0n) is 20.5. The Morgan fingerprint density at radius 2 is 1.64 bits per heavy atom. The molecule has 6 heteroatoms. The molecule has 1 amide bonds. The fraction of sp³-hybridized carbons (Fsp3) is 0.259. The Morgan fingerprint density at radius 3 is 2.15 bits per heavy atom. The summed E-state index contributed by atoms with van der Waals surface area (Å²) in [6.07, 6.45) is 0. The van der Waals surface area contributed by atoms with Crippen LogP contribution in [0.2, 0.25) is 0 Å². The van der Waals surface area contributed by atoms with E-state index in [4.69, 9.17) is 4.79 Å². The van der Waals surface area contributed by atoms with Crippen LogP contribution in [0.1, 0.15) is 36.5 Å². The van der Waals surface area contributed by atoms with E-state index in [0.29, 0.717) is 0 Å². The molecule has 33 heavy (non-hydrogen) atoms. The van der Waals surface area contributed by atoms with Crippen molar-refractivity contribution in [3.8, 4) is 0 Å². The lowest BCUT2D eigenvalue weighted by atomic mass is 9.99. The Hall–Kier alpha value is -3.09. The minimum absolute atomic E-state index is 0.0198. The number of nitrogens with one attached hydrogen (secondary N) is 2. The molecule has 1 unspecified atom stereocenters. The third-order valence-electron chi connectivity index (χ3n) is 4.57. The van der Waals surface area contributed by atoms with Crippen LogP contribution in [0.15, 0.2) is 77.7 Å². The lowest BCUT2D eigenvalue weighted by Gasteiger charge is -2.16. The fourth-order valence-electron chi connectivity index (χ4n) is 2.62. The van der Waals surface area contributed by atoms with E-state index in [1.807, 2.05) is 82.4 Å². The fourth-order valence-corrected chi connectivity index (χ4v) is 3.06. The molecule has 2 rings (SSSR count). The summed E-state index contributed by atoms with van der Waals surface area (Å²) < 4.78 is 4.25. The lowest BCUT2D eigenvalue weighted by molar-refractivity contribution is -0.117. The molecule has 2 N–H and O–H groups in total. The summed E-state index contributed by atoms with van der Waals surface area (Å²) in [5, 5.41) is 10.1. The summed E-state index contributed by atoms with van der Waals surface area (Å²) in [5.74, 6) is -0.234. The Labute approximate surface area is 203 Å². The number of carbonyl (C=O) groups excluding carboxylic acids is 2. The molecule has 0 heterocycles. The first-order valence-electron chi connectivity index (χ1n) is 10.3. The van der Waals surface area contributed by atoms with E-state index >= 15 is 0 Å². The minimum atomic E-state index is -0.214. The van der Waals surface area contributed by atoms with Gasteiger partial charge in [0.25, 0.3) is 0 Å². The van der Waals surface area contributed by atoms with Gasteiger partial charge in [0.1, 0.15) is 6.79 Å². The highest BCUT2D eigenvalue weighted by molar-refractivity contribution is 8.04. The van der Waals surface area contributed by atoms with Gasteiger partial charge in [0.2, 0.25) is 5.91 Å². The van der Waals surface area contributed by atoms with Crippen molar-refractivity contribution in [1.82, 2.24) is 0 Å². The molecule has 0 radical (unpaired) electrons. The van der Waals surface area contributed by atoms with Crippen molar-refractivity contribution < 1.29 is 14.3 Å². The van der Waals surface area contributed by atoms with Gasteiger partial charge in [-0.1, -0.05) is 43.0 Å². The first kappa shape index (κ1) is 29.9. The van der Waals surface area contributed by atoms with Gasteiger partial charge in [0, 0.05) is 31.3 Å². The van der Waals surface area contributed by atoms with Crippen molar-refractivity contribution >= 4 is 35.8 Å². The second-order valence-electron chi connectivity index (χ2n) is 7.27. The molecular formula is C27H36N2O3S. The number of hydrogen-bond acceptors (Lipinski definition) is 5. The molecule has 0 fully saturated rings. The second-order valence-corrected chi connectivity index (χ2v) is 8.11. The van der Waals surface area contributed by atoms with Crippen LogP contribution in [-0.4, -0.2) is 26.9 Å². The first-order valence-corrected chi connectivity index (χ1v) is 11.2. The van der Waals surface area contributed by atoms with Crippen LogP contribution >= 0.6 is 11.8 Å². The van der Waals surface area contributed by atoms with E-state index in [0.717, 1.165) is 33.8 Å². The number of amides is 1. The monoisotopic (exact) mass is 468 g/mol. The van der Waals surface area contributed by atoms with Gasteiger partial charge in [0.05, 0.1) is 5.92 Å². The molecule has 0 aromatic heterocycles. The Bertz CT molecular complexity index is 937. The van der Waals surface area contributed by atoms with Gasteiger partial charge in [-0.15, -0.1) is 11.8 Å². The largest absolute Gasteiger partial charge is 0.388 e. The van der Waals surface area contributed by atoms with Crippen molar-refractivity contribution in [2.75, 3.05) is 24.9 Å². The molecule has 0 aliphatic heterocycles. The van der Waals surface area contributed by atoms with E-state index in [1.165, 1.54) is 17.3 Å². The smallest absolute Gasteiger partial charge is 0.231 e. The molecular weight excluding hydrogens is 432 g/mol. The van der Waals surface area contributed by atoms with Crippen molar-refractivity contribution in [1.29, 1.82) is 0 Å². The summed E-state index contributed by atoms with van der Waals surface area (Å²) in [6, 6.07) is 13.9. The van der Waals surface area contributed by atoms with E-state index in [1.54, 1.807) is 19.6 Å². The third-order valence-corrected chi connectivity index (χ3v) is 5.25. The zero-order valence-corrected chi connectivity index (χ0v) is 21.3. The van der Waals surface area contributed by atoms with Gasteiger partial charge < -0.3 is 20.2 Å². The van der Waals surface area contributed by atoms with E-state index in [-0.39, 0.29) is 11.8 Å². The summed E-state index contributed by atoms with van der Waals surface area (Å²) in [7, 11) is 3.25. The third kappa shape index (κ3) is 10.9. The summed E-state index contributed by atoms with van der Waals surface area (Å²) >= 11 is 1.52. The van der Waals surface area contributed by atoms with Crippen LogP contribution in [0, 0.1) is 13.8 Å². The van der Waals surface area contributed by atoms with Crippen LogP contribution in [0.5, 0.6) is 0 Å². The van der Waals surface area contributed by atoms with Crippen molar-refractivity contribution in [3.05, 3.63) is 94.4 Å². The Kier molecular flexibility index (Phi) is 15.0. The molecule has 1 atom stereocenters. The van der Waals surface area contributed by atoms with Gasteiger partial charge in [0.15, 0.2) is 0 Å². The van der Waals surface area contributed by atoms with Crippen molar-refractivity contribution in [2.45, 2.75) is 33.6 Å². The molecule has 0 bridgehead atoms. The number of benzene rings is 2. The van der Waals surface area contributed by atoms with Crippen LogP contribution in [0.4, 0.5) is 11.4 Å². The predicted molar refractivity (Wildman–Crippen MR) is 144 cm³/mol. The number of allylic oxidation sites excluding steroid dienone is 1. The lowest BCUT2D eigenvalue weighted by Crippen LogP contribution is -2.19. The summed E-state index contributed by atoms with van der Waals surface area (Å²) in [6.45, 7) is 17.7. The maximum Gasteiger partial charge on any atom is 0.231 e. The van der Waals surface area contributed by atoms with Crippen molar-refractivity contribution in [2.24, 2.45) is 0 Å². The normalized spacial score (nSPS) is 11.0. The molecule has 178 valence electrons. The predicted octanol–water partition coefficient (Wildman–Crippen LogP) is 6.83. The molecule has 0 aliphatic carbocycles. The number of ether oxygens (including phenoxy) is 1. The maximum atomic E-state index is 12.6. The van der Waals surface area contributed by atoms with Crippen LogP contribution < -0.4 is 10.6 Å². The van der Waals surface area contributed by atoms with E-state index < -0.39 is 0 Å². The summed E-state index contributed by atoms with van der Waals surface area (Å²) in [5.41, 5.74) is 6.86. The number of methoxy groups -OCH3 is 1. The maximum absolute atomic E-state index is 12.6. The van der Waals surface area contributed by atoms with E-state index in [9.17, 15) is 4.79 Å². The first-order chi connectivity index (χ1) is 15.7. The number of thioether (sulfide) groups is 1. The van der Waals surface area contributed by atoms with Crippen molar-refractivity contribution in [3.63, 3.8) is 0 Å². The second kappa shape index (κ2) is 16.5. The molecule has 0 saturated carbocycles. The number of anilines is 2. The topological polar surface area (TPSA) is 67.4 Å². The standard InChI is InChI=1S/C24H28N2OS.C2H6O.CH2O/c1-7-28-15-18(4)20(6)25-23-13-12-22(14-17(23)3)26-24(27)19(5)21-10-8-16(2)9-11-21;1-3-2;1-2/h7-15,19,25H,1,6H2,2-5H3,(H,26,27);1-2H3;1H2/b18-15+;;. The number of hydrogen-bond donors (Lipinski definition) is 2. The SMILES string of the molecule is C=CS/C=C(\C)C(=C)Nc1ccc(NC(=O)C(C)c2ccc(C)cc2)cc1C.C=O.COC. The Balaban J connectivity index is 0.00000189. The van der Waals surface area contributed by atoms with Crippen LogP contribution in [0.25, 0.3) is 0 Å². The van der Waals surface area contributed by atoms with Gasteiger partial charge in [-0.25, -0.2) is 0 Å². The molecule has 0 saturated heterocycles. The number of aryl methyl sites for hydroxylation is 2. The quantitative estimate of drug-likeness (QED) is 0.416. The van der Waals surface area contributed by atoms with Crippen LogP contribution in [-0.2, 0) is 14.3 Å². The highest BCUT2D eigenvalue weighted by Gasteiger charge is 2.15. The highest BCUT2D eigenvalue weighted by Crippen LogP contribution is 2.25. The Morgan fingerprint density at radius 1 is 1.06 bits per heavy atom. The average Bonchev–Trinajstić information content (AvgIpc) is 2.81. The molecule has 0 spiro atoms. The van der Waals surface area contributed by atoms with Gasteiger partial charge in [-0.05, 0) is 73.4 Å². The summed E-state index contributed by atoms with van der Waals surface area (Å²) in [4.78, 5) is 20.6. The molecule has 5 nitrogen and oxygen atoms in total. The highest BCUT2D eigenvalue weighted by atomic mass is 32.2. The van der Waals surface area contributed by atoms with Gasteiger partial charge in [-0.2, -0.15) is 0 Å². The van der Waals surface area contributed by atoms with Crippen LogP contribution in [0.3, 0.4) is 0 Å². The number of carbonyl (C=O) groups is 2. The average molecular weight is 469 g/mol. The van der Waals surface area contributed by atoms with Gasteiger partial charge in [-0.3, -0.25) is 4.79 Å². The molecule has 2 aromatic rings. The molecule has 2 aromatic carbocycles. The zero-order chi connectivity index (χ0) is 25.4. The minimum Gasteiger partial charge on any atom is -0.388 e. The molecule has 0 aliphatic rings. The number of rotatable bonds is 8. The van der Waals surface area contributed by atoms with E-state index in [2.05, 4.69) is 28.5 Å². The van der Waals surface area contributed by atoms with Gasteiger partial charge >= 0.3 is 0 Å².